The summed E-state index contributed by atoms with van der Waals surface area (Å²) in [5.74, 6) is -2.73. The molecule has 2 heterocycles. The number of aliphatic carboxylic acids is 1. The molecule has 0 bridgehead atoms. The molecule has 7 N–H and O–H groups in total. The standard InChI is InChI=1S/C13H10N4O3.C2HF3O2/c14-4-7-11(15)6-1-5-2-8(18)9(19)3-10(5)20-13(6)17-12(7)16;3-2(4,5)1(6)7/h2-3,18-19H,1H2,(H4,15,16,17);(H,6,7). The zero-order valence-electron chi connectivity index (χ0n) is 13.2. The summed E-state index contributed by atoms with van der Waals surface area (Å²) in [5.41, 5.74) is 13.0. The minimum absolute atomic E-state index is 0.00444. The molecule has 27 heavy (non-hydrogen) atoms. The van der Waals surface area contributed by atoms with Gasteiger partial charge < -0.3 is 31.5 Å². The summed E-state index contributed by atoms with van der Waals surface area (Å²) in [4.78, 5) is 12.9. The van der Waals surface area contributed by atoms with E-state index in [1.54, 1.807) is 0 Å². The number of ether oxygens (including phenoxy) is 1. The van der Waals surface area contributed by atoms with Crippen molar-refractivity contribution in [2.75, 3.05) is 11.5 Å². The maximum Gasteiger partial charge on any atom is 0.490 e. The molecule has 12 heteroatoms. The first-order valence-corrected chi connectivity index (χ1v) is 6.96. The minimum atomic E-state index is -5.08. The smallest absolute Gasteiger partial charge is 0.490 e. The van der Waals surface area contributed by atoms with Crippen LogP contribution in [-0.2, 0) is 11.2 Å². The average Bonchev–Trinajstić information content (AvgIpc) is 2.55. The molecule has 9 nitrogen and oxygen atoms in total. The molecule has 0 spiro atoms. The van der Waals surface area contributed by atoms with Gasteiger partial charge in [0.2, 0.25) is 5.88 Å². The number of rotatable bonds is 0. The van der Waals surface area contributed by atoms with Crippen molar-refractivity contribution in [2.45, 2.75) is 12.6 Å². The van der Waals surface area contributed by atoms with Gasteiger partial charge >= 0.3 is 12.1 Å². The number of aromatic hydroxyl groups is 2. The van der Waals surface area contributed by atoms with Crippen LogP contribution in [0.2, 0.25) is 0 Å². The summed E-state index contributed by atoms with van der Waals surface area (Å²) in [6, 6.07) is 4.58. The van der Waals surface area contributed by atoms with E-state index >= 15 is 0 Å². The van der Waals surface area contributed by atoms with Crippen LogP contribution >= 0.6 is 0 Å². The lowest BCUT2D eigenvalue weighted by Crippen LogP contribution is -2.21. The van der Waals surface area contributed by atoms with E-state index in [-0.39, 0.29) is 34.4 Å². The SMILES string of the molecule is N#Cc1c(N)nc2c(c1N)Cc1cc(O)c(O)cc1O2.O=C(O)C(F)(F)F. The highest BCUT2D eigenvalue weighted by atomic mass is 19.4. The van der Waals surface area contributed by atoms with Crippen LogP contribution < -0.4 is 16.2 Å². The van der Waals surface area contributed by atoms with Gasteiger partial charge in [0.25, 0.3) is 0 Å². The van der Waals surface area contributed by atoms with Crippen molar-refractivity contribution in [2.24, 2.45) is 0 Å². The Morgan fingerprint density at radius 1 is 1.26 bits per heavy atom. The van der Waals surface area contributed by atoms with Gasteiger partial charge in [-0.25, -0.2) is 4.79 Å². The number of halogens is 3. The van der Waals surface area contributed by atoms with E-state index in [0.717, 1.165) is 0 Å². The number of carboxylic acid groups (broad SMARTS) is 1. The molecule has 0 unspecified atom stereocenters. The Labute approximate surface area is 148 Å². The zero-order chi connectivity index (χ0) is 20.5. The zero-order valence-corrected chi connectivity index (χ0v) is 13.2. The first-order valence-electron chi connectivity index (χ1n) is 6.96. The van der Waals surface area contributed by atoms with Crippen molar-refractivity contribution in [3.8, 4) is 29.2 Å². The fourth-order valence-electron chi connectivity index (χ4n) is 2.14. The normalized spacial score (nSPS) is 11.8. The lowest BCUT2D eigenvalue weighted by molar-refractivity contribution is -0.192. The van der Waals surface area contributed by atoms with E-state index in [4.69, 9.17) is 31.4 Å². The number of aromatic nitrogens is 1. The highest BCUT2D eigenvalue weighted by Crippen LogP contribution is 2.43. The second kappa shape index (κ2) is 6.79. The fourth-order valence-corrected chi connectivity index (χ4v) is 2.14. The fraction of sp³-hybridized carbons (Fsp3) is 0.133. The number of anilines is 2. The van der Waals surface area contributed by atoms with E-state index in [9.17, 15) is 23.4 Å². The Bertz CT molecular complexity index is 970. The van der Waals surface area contributed by atoms with Gasteiger partial charge in [-0.2, -0.15) is 23.4 Å². The molecule has 3 rings (SSSR count). The highest BCUT2D eigenvalue weighted by molar-refractivity contribution is 5.73. The van der Waals surface area contributed by atoms with Crippen LogP contribution in [0.5, 0.6) is 23.1 Å². The van der Waals surface area contributed by atoms with Crippen LogP contribution in [0.4, 0.5) is 24.7 Å². The number of nitrogens with zero attached hydrogens (tertiary/aromatic N) is 2. The Balaban J connectivity index is 0.000000321. The molecule has 0 saturated heterocycles. The molecule has 1 aliphatic heterocycles. The number of carboxylic acids is 1. The maximum absolute atomic E-state index is 10.6. The predicted molar refractivity (Wildman–Crippen MR) is 84.1 cm³/mol. The summed E-state index contributed by atoms with van der Waals surface area (Å²) in [7, 11) is 0. The lowest BCUT2D eigenvalue weighted by Gasteiger charge is -2.22. The number of benzene rings is 1. The summed E-state index contributed by atoms with van der Waals surface area (Å²) < 4.78 is 37.3. The molecule has 0 atom stereocenters. The van der Waals surface area contributed by atoms with Crippen molar-refractivity contribution in [1.82, 2.24) is 4.98 Å². The van der Waals surface area contributed by atoms with Crippen molar-refractivity contribution in [3.63, 3.8) is 0 Å². The average molecular weight is 384 g/mol. The summed E-state index contributed by atoms with van der Waals surface area (Å²) in [6.45, 7) is 0. The van der Waals surface area contributed by atoms with Crippen LogP contribution in [0.15, 0.2) is 12.1 Å². The van der Waals surface area contributed by atoms with Gasteiger partial charge in [0.15, 0.2) is 11.5 Å². The topological polar surface area (TPSA) is 176 Å². The number of pyridine rings is 1. The van der Waals surface area contributed by atoms with Crippen LogP contribution in [0, 0.1) is 11.3 Å². The van der Waals surface area contributed by atoms with Crippen molar-refractivity contribution in [3.05, 3.63) is 28.8 Å². The van der Waals surface area contributed by atoms with Gasteiger partial charge in [-0.05, 0) is 6.07 Å². The van der Waals surface area contributed by atoms with E-state index < -0.39 is 12.1 Å². The predicted octanol–water partition coefficient (Wildman–Crippen LogP) is 1.86. The Morgan fingerprint density at radius 3 is 2.33 bits per heavy atom. The Kier molecular flexibility index (Phi) is 4.89. The second-order valence-corrected chi connectivity index (χ2v) is 5.21. The van der Waals surface area contributed by atoms with E-state index in [0.29, 0.717) is 23.3 Å². The number of carbonyl (C=O) groups is 1. The van der Waals surface area contributed by atoms with Crippen LogP contribution in [0.1, 0.15) is 16.7 Å². The number of alkyl halides is 3. The van der Waals surface area contributed by atoms with Gasteiger partial charge in [-0.1, -0.05) is 0 Å². The summed E-state index contributed by atoms with van der Waals surface area (Å²) in [5, 5.41) is 35.1. The quantitative estimate of drug-likeness (QED) is 0.362. The number of nitriles is 1. The van der Waals surface area contributed by atoms with E-state index in [1.165, 1.54) is 12.1 Å². The van der Waals surface area contributed by atoms with Crippen molar-refractivity contribution in [1.29, 1.82) is 5.26 Å². The maximum atomic E-state index is 10.6. The molecule has 0 aliphatic carbocycles. The molecule has 1 aliphatic rings. The van der Waals surface area contributed by atoms with Gasteiger partial charge in [-0.15, -0.1) is 0 Å². The molecule has 142 valence electrons. The third-order valence-electron chi connectivity index (χ3n) is 3.42. The third kappa shape index (κ3) is 3.87. The molecule has 0 amide bonds. The van der Waals surface area contributed by atoms with Gasteiger partial charge in [-0.3, -0.25) is 0 Å². The second-order valence-electron chi connectivity index (χ2n) is 5.21. The summed E-state index contributed by atoms with van der Waals surface area (Å²) >= 11 is 0. The Morgan fingerprint density at radius 2 is 1.81 bits per heavy atom. The van der Waals surface area contributed by atoms with Crippen LogP contribution in [0.3, 0.4) is 0 Å². The number of phenolic OH excluding ortho intramolecular Hbond substituents is 2. The van der Waals surface area contributed by atoms with E-state index in [2.05, 4.69) is 4.98 Å². The first-order chi connectivity index (χ1) is 12.5. The number of phenols is 2. The van der Waals surface area contributed by atoms with Gasteiger partial charge in [0.05, 0.1) is 5.69 Å². The molecule has 0 radical (unpaired) electrons. The molecular weight excluding hydrogens is 373 g/mol. The molecule has 1 aromatic heterocycles. The number of hydrogen-bond donors (Lipinski definition) is 5. The molecule has 0 fully saturated rings. The monoisotopic (exact) mass is 384 g/mol. The highest BCUT2D eigenvalue weighted by Gasteiger charge is 2.38. The minimum Gasteiger partial charge on any atom is -0.504 e. The number of hydrogen-bond acceptors (Lipinski definition) is 8. The van der Waals surface area contributed by atoms with E-state index in [1.807, 2.05) is 6.07 Å². The summed E-state index contributed by atoms with van der Waals surface area (Å²) in [6.07, 6.45) is -4.76. The number of nitrogen functional groups attached to an aromatic ring is 2. The number of fused-ring (bicyclic) bond motifs is 2. The third-order valence-corrected chi connectivity index (χ3v) is 3.42. The molecule has 0 saturated carbocycles. The van der Waals surface area contributed by atoms with Crippen LogP contribution in [0.25, 0.3) is 0 Å². The van der Waals surface area contributed by atoms with Crippen molar-refractivity contribution < 1.29 is 38.0 Å². The van der Waals surface area contributed by atoms with Crippen LogP contribution in [-0.4, -0.2) is 32.4 Å². The molecular formula is C15H11F3N4O5. The Hall–Kier alpha value is -3.88. The van der Waals surface area contributed by atoms with Gasteiger partial charge in [0.1, 0.15) is 23.2 Å². The first kappa shape index (κ1) is 19.4. The largest absolute Gasteiger partial charge is 0.504 e. The lowest BCUT2D eigenvalue weighted by atomic mass is 9.98. The van der Waals surface area contributed by atoms with Crippen molar-refractivity contribution >= 4 is 17.5 Å². The molecule has 2 aromatic rings. The van der Waals surface area contributed by atoms with Gasteiger partial charge in [0, 0.05) is 23.6 Å². The molecule has 1 aromatic carbocycles. The number of nitrogens with two attached hydrogens (primary N) is 2.